The van der Waals surface area contributed by atoms with Crippen LogP contribution in [0, 0.1) is 0 Å². The molecule has 0 radical (unpaired) electrons. The second-order valence-corrected chi connectivity index (χ2v) is 7.00. The molecule has 3 rings (SSSR count). The van der Waals surface area contributed by atoms with Gasteiger partial charge in [-0.05, 0) is 36.5 Å². The molecule has 0 bridgehead atoms. The summed E-state index contributed by atoms with van der Waals surface area (Å²) < 4.78 is 0. The average Bonchev–Trinajstić information content (AvgIpc) is 3.01. The second kappa shape index (κ2) is 5.20. The molecule has 1 spiro atoms. The molecule has 1 aliphatic carbocycles. The Morgan fingerprint density at radius 2 is 1.84 bits per heavy atom. The first-order valence-corrected chi connectivity index (χ1v) is 8.25. The van der Waals surface area contributed by atoms with Crippen LogP contribution in [-0.2, 0) is 0 Å². The van der Waals surface area contributed by atoms with Gasteiger partial charge in [0.25, 0.3) is 0 Å². The standard InChI is InChI=1S/C16H22N2S/c1-12(2)13-5-7-14(8-6-13)17-15-18-16(11-19-15)9-3-4-10-16/h5-8,12H,3-4,9-11H2,1-2H3,(H,17,18). The van der Waals surface area contributed by atoms with E-state index < -0.39 is 0 Å². The van der Waals surface area contributed by atoms with Gasteiger partial charge in [-0.3, -0.25) is 4.99 Å². The van der Waals surface area contributed by atoms with Crippen molar-refractivity contribution in [3.8, 4) is 0 Å². The number of aliphatic imine (C=N–C) groups is 1. The predicted molar refractivity (Wildman–Crippen MR) is 85.2 cm³/mol. The van der Waals surface area contributed by atoms with E-state index >= 15 is 0 Å². The van der Waals surface area contributed by atoms with Crippen LogP contribution in [0.1, 0.15) is 51.0 Å². The van der Waals surface area contributed by atoms with Gasteiger partial charge in [-0.2, -0.15) is 0 Å². The van der Waals surface area contributed by atoms with E-state index in [1.165, 1.54) is 37.0 Å². The number of anilines is 1. The lowest BCUT2D eigenvalue weighted by molar-refractivity contribution is 0.508. The minimum absolute atomic E-state index is 0.269. The molecule has 3 heteroatoms. The van der Waals surface area contributed by atoms with Crippen molar-refractivity contribution >= 4 is 22.6 Å². The van der Waals surface area contributed by atoms with Crippen LogP contribution in [0.4, 0.5) is 5.69 Å². The fourth-order valence-corrected chi connectivity index (χ4v) is 4.12. The molecule has 2 aliphatic rings. The molecule has 0 saturated heterocycles. The van der Waals surface area contributed by atoms with Crippen molar-refractivity contribution in [3.63, 3.8) is 0 Å². The Balaban J connectivity index is 1.68. The van der Waals surface area contributed by atoms with Gasteiger partial charge in [-0.1, -0.05) is 50.6 Å². The van der Waals surface area contributed by atoms with Gasteiger partial charge in [0.15, 0.2) is 5.17 Å². The van der Waals surface area contributed by atoms with E-state index in [1.807, 2.05) is 11.8 Å². The zero-order valence-electron chi connectivity index (χ0n) is 11.8. The summed E-state index contributed by atoms with van der Waals surface area (Å²) in [7, 11) is 0. The summed E-state index contributed by atoms with van der Waals surface area (Å²) in [6, 6.07) is 8.74. The molecule has 1 fully saturated rings. The smallest absolute Gasteiger partial charge is 0.161 e. The molecule has 1 aliphatic heterocycles. The molecule has 1 aromatic rings. The molecule has 0 unspecified atom stereocenters. The Hall–Kier alpha value is -0.960. The predicted octanol–water partition coefficient (Wildman–Crippen LogP) is 4.64. The Morgan fingerprint density at radius 3 is 2.47 bits per heavy atom. The number of nitrogens with one attached hydrogen (secondary N) is 1. The van der Waals surface area contributed by atoms with Crippen LogP contribution in [0.2, 0.25) is 0 Å². The molecule has 2 nitrogen and oxygen atoms in total. The maximum Gasteiger partial charge on any atom is 0.161 e. The van der Waals surface area contributed by atoms with Crippen LogP contribution in [0.3, 0.4) is 0 Å². The third-order valence-electron chi connectivity index (χ3n) is 4.18. The van der Waals surface area contributed by atoms with Gasteiger partial charge in [-0.25, -0.2) is 0 Å². The zero-order valence-corrected chi connectivity index (χ0v) is 12.6. The first-order valence-electron chi connectivity index (χ1n) is 7.27. The van der Waals surface area contributed by atoms with Crippen molar-refractivity contribution in [2.45, 2.75) is 51.0 Å². The lowest BCUT2D eigenvalue weighted by Crippen LogP contribution is -2.21. The zero-order chi connectivity index (χ0) is 13.3. The summed E-state index contributed by atoms with van der Waals surface area (Å²) in [6.45, 7) is 4.45. The quantitative estimate of drug-likeness (QED) is 0.849. The van der Waals surface area contributed by atoms with Crippen molar-refractivity contribution in [3.05, 3.63) is 29.8 Å². The van der Waals surface area contributed by atoms with Gasteiger partial charge in [0.2, 0.25) is 0 Å². The maximum absolute atomic E-state index is 4.94. The summed E-state index contributed by atoms with van der Waals surface area (Å²) in [5.41, 5.74) is 2.81. The number of thioether (sulfide) groups is 1. The van der Waals surface area contributed by atoms with Gasteiger partial charge in [0, 0.05) is 11.4 Å². The van der Waals surface area contributed by atoms with E-state index in [9.17, 15) is 0 Å². The topological polar surface area (TPSA) is 24.4 Å². The summed E-state index contributed by atoms with van der Waals surface area (Å²) in [5.74, 6) is 1.76. The fourth-order valence-electron chi connectivity index (χ4n) is 2.91. The summed E-state index contributed by atoms with van der Waals surface area (Å²) >= 11 is 1.88. The molecule has 1 saturated carbocycles. The second-order valence-electron chi connectivity index (χ2n) is 6.04. The highest BCUT2D eigenvalue weighted by atomic mass is 32.2. The average molecular weight is 274 g/mol. The van der Waals surface area contributed by atoms with Gasteiger partial charge in [0.05, 0.1) is 5.54 Å². The van der Waals surface area contributed by atoms with Gasteiger partial charge >= 0.3 is 0 Å². The minimum Gasteiger partial charge on any atom is -0.335 e. The lowest BCUT2D eigenvalue weighted by Gasteiger charge is -2.16. The SMILES string of the molecule is CC(C)c1ccc(NC2=NC3(CCCC3)CS2)cc1. The molecule has 19 heavy (non-hydrogen) atoms. The van der Waals surface area contributed by atoms with Crippen LogP contribution in [0.5, 0.6) is 0 Å². The van der Waals surface area contributed by atoms with Crippen molar-refractivity contribution in [1.82, 2.24) is 0 Å². The number of hydrogen-bond donors (Lipinski definition) is 1. The lowest BCUT2D eigenvalue weighted by atomic mass is 10.0. The van der Waals surface area contributed by atoms with E-state index in [0.29, 0.717) is 5.92 Å². The highest BCUT2D eigenvalue weighted by molar-refractivity contribution is 8.14. The number of amidine groups is 1. The first-order chi connectivity index (χ1) is 9.17. The van der Waals surface area contributed by atoms with E-state index in [2.05, 4.69) is 43.4 Å². The molecule has 0 aromatic heterocycles. The monoisotopic (exact) mass is 274 g/mol. The third-order valence-corrected chi connectivity index (χ3v) is 5.33. The summed E-state index contributed by atoms with van der Waals surface area (Å²) in [6.07, 6.45) is 5.25. The molecule has 102 valence electrons. The van der Waals surface area contributed by atoms with Crippen LogP contribution in [0.25, 0.3) is 0 Å². The molecule has 1 N–H and O–H groups in total. The number of rotatable bonds is 2. The number of hydrogen-bond acceptors (Lipinski definition) is 3. The Bertz CT molecular complexity index is 470. The van der Waals surface area contributed by atoms with Crippen LogP contribution in [-0.4, -0.2) is 16.5 Å². The molecular formula is C16H22N2S. The first kappa shape index (κ1) is 13.0. The Labute approximate surface area is 120 Å². The highest BCUT2D eigenvalue weighted by Crippen LogP contribution is 2.41. The van der Waals surface area contributed by atoms with Crippen molar-refractivity contribution in [2.24, 2.45) is 4.99 Å². The normalized spacial score (nSPS) is 21.1. The van der Waals surface area contributed by atoms with Gasteiger partial charge in [-0.15, -0.1) is 0 Å². The largest absolute Gasteiger partial charge is 0.335 e. The molecule has 0 atom stereocenters. The van der Waals surface area contributed by atoms with Crippen LogP contribution < -0.4 is 5.32 Å². The van der Waals surface area contributed by atoms with E-state index in [4.69, 9.17) is 4.99 Å². The van der Waals surface area contributed by atoms with Gasteiger partial charge in [0.1, 0.15) is 0 Å². The number of nitrogens with zero attached hydrogens (tertiary/aromatic N) is 1. The maximum atomic E-state index is 4.94. The van der Waals surface area contributed by atoms with Gasteiger partial charge < -0.3 is 5.32 Å². The molecule has 1 heterocycles. The third kappa shape index (κ3) is 2.81. The molecule has 0 amide bonds. The number of benzene rings is 1. The van der Waals surface area contributed by atoms with Crippen molar-refractivity contribution in [2.75, 3.05) is 11.1 Å². The van der Waals surface area contributed by atoms with Crippen LogP contribution >= 0.6 is 11.8 Å². The Morgan fingerprint density at radius 1 is 1.16 bits per heavy atom. The molecule has 1 aromatic carbocycles. The fraction of sp³-hybridized carbons (Fsp3) is 0.562. The summed E-state index contributed by atoms with van der Waals surface area (Å²) in [5, 5.41) is 4.58. The van der Waals surface area contributed by atoms with E-state index in [1.54, 1.807) is 0 Å². The minimum atomic E-state index is 0.269. The molecular weight excluding hydrogens is 252 g/mol. The van der Waals surface area contributed by atoms with E-state index in [0.717, 1.165) is 10.9 Å². The van der Waals surface area contributed by atoms with E-state index in [-0.39, 0.29) is 5.54 Å². The highest BCUT2D eigenvalue weighted by Gasteiger charge is 2.38. The van der Waals surface area contributed by atoms with Crippen molar-refractivity contribution in [1.29, 1.82) is 0 Å². The summed E-state index contributed by atoms with van der Waals surface area (Å²) in [4.78, 5) is 4.94. The van der Waals surface area contributed by atoms with Crippen molar-refractivity contribution < 1.29 is 0 Å². The van der Waals surface area contributed by atoms with Crippen LogP contribution in [0.15, 0.2) is 29.3 Å². The Kier molecular flexibility index (Phi) is 3.57.